The molecule has 9 heteroatoms. The van der Waals surface area contributed by atoms with Crippen LogP contribution in [0.1, 0.15) is 65.9 Å². The van der Waals surface area contributed by atoms with Crippen molar-refractivity contribution in [3.8, 4) is 17.1 Å². The molecule has 1 atom stereocenters. The lowest BCUT2D eigenvalue weighted by Crippen LogP contribution is -2.15. The van der Waals surface area contributed by atoms with Crippen LogP contribution in [0.5, 0.6) is 5.75 Å². The van der Waals surface area contributed by atoms with Crippen LogP contribution in [0.2, 0.25) is 0 Å². The van der Waals surface area contributed by atoms with Gasteiger partial charge in [-0.25, -0.2) is 0 Å². The van der Waals surface area contributed by atoms with Crippen molar-refractivity contribution in [2.75, 3.05) is 11.1 Å². The van der Waals surface area contributed by atoms with Gasteiger partial charge in [-0.1, -0.05) is 89.9 Å². The molecule has 1 aromatic heterocycles. The molecule has 0 spiro atoms. The predicted octanol–water partition coefficient (Wildman–Crippen LogP) is 7.79. The fourth-order valence-corrected chi connectivity index (χ4v) is 4.83. The normalized spacial score (nSPS) is 12.5. The highest BCUT2D eigenvalue weighted by molar-refractivity contribution is 7.99. The largest absolute Gasteiger partial charge is 0.435 e. The molecule has 6 nitrogen and oxygen atoms in total. The molecule has 2 aromatic carbocycles. The highest BCUT2D eigenvalue weighted by Gasteiger charge is 2.19. The van der Waals surface area contributed by atoms with E-state index in [9.17, 15) is 13.6 Å². The Morgan fingerprint density at radius 1 is 1.05 bits per heavy atom. The number of anilines is 1. The van der Waals surface area contributed by atoms with Crippen LogP contribution < -0.4 is 10.1 Å². The molecule has 0 bridgehead atoms. The van der Waals surface area contributed by atoms with Crippen molar-refractivity contribution in [1.82, 2.24) is 14.8 Å². The van der Waals surface area contributed by atoms with Crippen molar-refractivity contribution in [3.63, 3.8) is 0 Å². The second-order valence-electron chi connectivity index (χ2n) is 10.6. The maximum Gasteiger partial charge on any atom is 0.387 e. The summed E-state index contributed by atoms with van der Waals surface area (Å²) in [4.78, 5) is 12.6. The standard InChI is InChI=1S/C29H38F2N4O2S/c1-6-7-8-9-20(2)18-35-26(21-10-12-22(13-11-21)29(3,4)5)33-34-28(35)38-19-25(36)32-23-14-16-24(17-15-23)37-27(30)31/h10-17,20,27H,6-9,18-19H2,1-5H3,(H,32,36)/t20-/m0/s1. The fraction of sp³-hybridized carbons (Fsp3) is 0.483. The topological polar surface area (TPSA) is 69.0 Å². The number of ether oxygens (including phenoxy) is 1. The zero-order chi connectivity index (χ0) is 27.7. The minimum atomic E-state index is -2.89. The Morgan fingerprint density at radius 2 is 1.74 bits per heavy atom. The van der Waals surface area contributed by atoms with E-state index in [0.717, 1.165) is 24.4 Å². The molecule has 206 valence electrons. The number of amides is 1. The molecule has 1 amide bonds. The highest BCUT2D eigenvalue weighted by Crippen LogP contribution is 2.29. The third-order valence-electron chi connectivity index (χ3n) is 6.22. The summed E-state index contributed by atoms with van der Waals surface area (Å²) in [5.74, 6) is 1.19. The SMILES string of the molecule is CCCCC[C@H](C)Cn1c(SCC(=O)Nc2ccc(OC(F)F)cc2)nnc1-c1ccc(C(C)(C)C)cc1. The molecule has 3 aromatic rings. The fourth-order valence-electron chi connectivity index (χ4n) is 4.09. The number of alkyl halides is 2. The van der Waals surface area contributed by atoms with Gasteiger partial charge in [0.2, 0.25) is 5.91 Å². The Labute approximate surface area is 228 Å². The molecule has 38 heavy (non-hydrogen) atoms. The van der Waals surface area contributed by atoms with Crippen LogP contribution in [0.25, 0.3) is 11.4 Å². The number of hydrogen-bond acceptors (Lipinski definition) is 5. The Hall–Kier alpha value is -2.94. The number of nitrogens with one attached hydrogen (secondary N) is 1. The van der Waals surface area contributed by atoms with Gasteiger partial charge < -0.3 is 14.6 Å². The third kappa shape index (κ3) is 8.82. The molecule has 0 aliphatic heterocycles. The van der Waals surface area contributed by atoms with Gasteiger partial charge in [-0.2, -0.15) is 8.78 Å². The third-order valence-corrected chi connectivity index (χ3v) is 7.18. The Bertz CT molecular complexity index is 1160. The van der Waals surface area contributed by atoms with Gasteiger partial charge in [-0.3, -0.25) is 4.79 Å². The number of hydrogen-bond donors (Lipinski definition) is 1. The van der Waals surface area contributed by atoms with E-state index in [1.54, 1.807) is 0 Å². The van der Waals surface area contributed by atoms with E-state index in [4.69, 9.17) is 0 Å². The van der Waals surface area contributed by atoms with Gasteiger partial charge in [0, 0.05) is 17.8 Å². The molecule has 3 rings (SSSR count). The second kappa shape index (κ2) is 13.7. The van der Waals surface area contributed by atoms with E-state index >= 15 is 0 Å². The minimum Gasteiger partial charge on any atom is -0.435 e. The van der Waals surface area contributed by atoms with E-state index in [0.29, 0.717) is 16.8 Å². The van der Waals surface area contributed by atoms with Gasteiger partial charge in [0.25, 0.3) is 0 Å². The number of carbonyl (C=O) groups excluding carboxylic acids is 1. The summed E-state index contributed by atoms with van der Waals surface area (Å²) < 4.78 is 31.2. The van der Waals surface area contributed by atoms with Gasteiger partial charge in [-0.05, 0) is 47.6 Å². The van der Waals surface area contributed by atoms with Gasteiger partial charge in [0.1, 0.15) is 5.75 Å². The molecule has 0 saturated heterocycles. The number of thioether (sulfide) groups is 1. The number of carbonyl (C=O) groups is 1. The zero-order valence-corrected chi connectivity index (χ0v) is 23.7. The van der Waals surface area contributed by atoms with Gasteiger partial charge in [0.15, 0.2) is 11.0 Å². The number of unbranched alkanes of at least 4 members (excludes halogenated alkanes) is 2. The lowest BCUT2D eigenvalue weighted by molar-refractivity contribution is -0.113. The van der Waals surface area contributed by atoms with Crippen LogP contribution in [0.3, 0.4) is 0 Å². The first-order valence-corrected chi connectivity index (χ1v) is 14.1. The summed E-state index contributed by atoms with van der Waals surface area (Å²) in [6, 6.07) is 14.3. The number of benzene rings is 2. The quantitative estimate of drug-likeness (QED) is 0.176. The van der Waals surface area contributed by atoms with Crippen LogP contribution in [0.4, 0.5) is 14.5 Å². The van der Waals surface area contributed by atoms with E-state index < -0.39 is 6.61 Å². The average Bonchev–Trinajstić information content (AvgIpc) is 3.25. The Balaban J connectivity index is 1.73. The first kappa shape index (κ1) is 29.6. The number of rotatable bonds is 13. The molecule has 0 fully saturated rings. The van der Waals surface area contributed by atoms with Crippen LogP contribution in [0.15, 0.2) is 53.7 Å². The molecule has 1 heterocycles. The lowest BCUT2D eigenvalue weighted by atomic mass is 9.86. The second-order valence-corrected chi connectivity index (χ2v) is 11.5. The molecule has 0 aliphatic carbocycles. The van der Waals surface area contributed by atoms with Gasteiger partial charge in [-0.15, -0.1) is 10.2 Å². The van der Waals surface area contributed by atoms with Crippen molar-refractivity contribution in [2.45, 2.75) is 84.0 Å². The summed E-state index contributed by atoms with van der Waals surface area (Å²) >= 11 is 1.33. The van der Waals surface area contributed by atoms with E-state index in [2.05, 4.69) is 83.7 Å². The van der Waals surface area contributed by atoms with Crippen LogP contribution >= 0.6 is 11.8 Å². The van der Waals surface area contributed by atoms with Crippen LogP contribution in [0, 0.1) is 5.92 Å². The summed E-state index contributed by atoms with van der Waals surface area (Å²) in [6.45, 7) is 8.89. The first-order valence-electron chi connectivity index (χ1n) is 13.1. The van der Waals surface area contributed by atoms with Gasteiger partial charge >= 0.3 is 6.61 Å². The van der Waals surface area contributed by atoms with Gasteiger partial charge in [0.05, 0.1) is 5.75 Å². The summed E-state index contributed by atoms with van der Waals surface area (Å²) in [5.41, 5.74) is 2.81. The molecule has 0 saturated carbocycles. The minimum absolute atomic E-state index is 0.0385. The molecule has 0 radical (unpaired) electrons. The lowest BCUT2D eigenvalue weighted by Gasteiger charge is -2.19. The summed E-state index contributed by atoms with van der Waals surface area (Å²) in [6.07, 6.45) is 4.69. The Morgan fingerprint density at radius 3 is 2.34 bits per heavy atom. The maximum atomic E-state index is 12.6. The summed E-state index contributed by atoms with van der Waals surface area (Å²) in [7, 11) is 0. The monoisotopic (exact) mass is 544 g/mol. The number of nitrogens with zero attached hydrogens (tertiary/aromatic N) is 3. The molecule has 0 aliphatic rings. The van der Waals surface area contributed by atoms with Crippen molar-refractivity contribution < 1.29 is 18.3 Å². The van der Waals surface area contributed by atoms with Crippen molar-refractivity contribution in [3.05, 3.63) is 54.1 Å². The van der Waals surface area contributed by atoms with E-state index in [1.807, 2.05) is 0 Å². The first-order chi connectivity index (χ1) is 18.1. The smallest absolute Gasteiger partial charge is 0.387 e. The maximum absolute atomic E-state index is 12.6. The predicted molar refractivity (Wildman–Crippen MR) is 150 cm³/mol. The molecular formula is C29H38F2N4O2S. The zero-order valence-electron chi connectivity index (χ0n) is 22.8. The number of aromatic nitrogens is 3. The Kier molecular flexibility index (Phi) is 10.7. The average molecular weight is 545 g/mol. The molecular weight excluding hydrogens is 506 g/mol. The van der Waals surface area contributed by atoms with Crippen LogP contribution in [-0.4, -0.2) is 33.0 Å². The van der Waals surface area contributed by atoms with Crippen molar-refractivity contribution >= 4 is 23.4 Å². The number of halogens is 2. The van der Waals surface area contributed by atoms with Crippen LogP contribution in [-0.2, 0) is 16.8 Å². The van der Waals surface area contributed by atoms with E-state index in [-0.39, 0.29) is 22.8 Å². The van der Waals surface area contributed by atoms with Crippen molar-refractivity contribution in [2.24, 2.45) is 5.92 Å². The molecule has 1 N–H and O–H groups in total. The molecule has 0 unspecified atom stereocenters. The van der Waals surface area contributed by atoms with Crippen molar-refractivity contribution in [1.29, 1.82) is 0 Å². The van der Waals surface area contributed by atoms with E-state index in [1.165, 1.54) is 60.9 Å². The highest BCUT2D eigenvalue weighted by atomic mass is 32.2. The summed E-state index contributed by atoms with van der Waals surface area (Å²) in [5, 5.41) is 12.4.